The molecule has 3 nitrogen and oxygen atoms in total. The van der Waals surface area contributed by atoms with E-state index in [9.17, 15) is 0 Å². The van der Waals surface area contributed by atoms with Gasteiger partial charge in [0.1, 0.15) is 0 Å². The van der Waals surface area contributed by atoms with Crippen LogP contribution in [0.2, 0.25) is 0 Å². The predicted octanol–water partition coefficient (Wildman–Crippen LogP) is 0.135. The summed E-state index contributed by atoms with van der Waals surface area (Å²) in [5.41, 5.74) is 6.00. The minimum absolute atomic E-state index is 0.531. The van der Waals surface area contributed by atoms with Gasteiger partial charge in [0.15, 0.2) is 0 Å². The number of rotatable bonds is 4. The van der Waals surface area contributed by atoms with Gasteiger partial charge in [-0.3, -0.25) is 10.9 Å². The Balaban J connectivity index is 1.93. The average Bonchev–Trinajstić information content (AvgIpc) is 1.86. The molecule has 1 saturated carbocycles. The largest absolute Gasteiger partial charge is 0.381 e. The zero-order valence-electron chi connectivity index (χ0n) is 6.68. The number of hydrogen-bond donors (Lipinski definition) is 2. The first-order chi connectivity index (χ1) is 4.86. The van der Waals surface area contributed by atoms with Crippen LogP contribution in [-0.2, 0) is 4.74 Å². The number of hydrogen-bond acceptors (Lipinski definition) is 3. The Hall–Kier alpha value is -0.120. The minimum Gasteiger partial charge on any atom is -0.381 e. The fourth-order valence-corrected chi connectivity index (χ4v) is 1.28. The highest BCUT2D eigenvalue weighted by atomic mass is 16.5. The topological polar surface area (TPSA) is 33.3 Å². The lowest BCUT2D eigenvalue weighted by atomic mass is 9.82. The molecule has 0 unspecified atom stereocenters. The molecule has 0 aromatic carbocycles. The van der Waals surface area contributed by atoms with Crippen LogP contribution < -0.4 is 10.9 Å². The normalized spacial score (nSPS) is 31.8. The van der Waals surface area contributed by atoms with Crippen LogP contribution in [0.4, 0.5) is 0 Å². The molecule has 10 heavy (non-hydrogen) atoms. The molecule has 0 aromatic rings. The van der Waals surface area contributed by atoms with Gasteiger partial charge < -0.3 is 4.74 Å². The molecule has 0 spiro atoms. The van der Waals surface area contributed by atoms with E-state index >= 15 is 0 Å². The van der Waals surface area contributed by atoms with Crippen molar-refractivity contribution < 1.29 is 4.74 Å². The summed E-state index contributed by atoms with van der Waals surface area (Å²) in [6.45, 7) is 1.07. The van der Waals surface area contributed by atoms with Crippen molar-refractivity contribution in [1.82, 2.24) is 10.9 Å². The van der Waals surface area contributed by atoms with E-state index < -0.39 is 0 Å². The second kappa shape index (κ2) is 3.91. The summed E-state index contributed by atoms with van der Waals surface area (Å²) >= 11 is 0. The third-order valence-corrected chi connectivity index (χ3v) is 2.09. The molecule has 0 saturated heterocycles. The van der Waals surface area contributed by atoms with Crippen molar-refractivity contribution in [3.05, 3.63) is 0 Å². The van der Waals surface area contributed by atoms with Crippen LogP contribution in [0.1, 0.15) is 12.8 Å². The zero-order valence-corrected chi connectivity index (χ0v) is 6.68. The highest BCUT2D eigenvalue weighted by Crippen LogP contribution is 2.28. The number of nitrogens with one attached hydrogen (secondary N) is 2. The Kier molecular flexibility index (Phi) is 3.12. The maximum Gasteiger partial charge on any atom is 0.0577 e. The number of ether oxygens (including phenoxy) is 1. The van der Waals surface area contributed by atoms with Crippen molar-refractivity contribution in [2.24, 2.45) is 5.92 Å². The Labute approximate surface area is 62.1 Å². The Bertz CT molecular complexity index is 88.9. The van der Waals surface area contributed by atoms with Gasteiger partial charge in [-0.15, -0.1) is 0 Å². The molecule has 0 amide bonds. The summed E-state index contributed by atoms with van der Waals surface area (Å²) < 4.78 is 5.15. The third-order valence-electron chi connectivity index (χ3n) is 2.09. The molecule has 60 valence electrons. The molecule has 3 heteroatoms. The van der Waals surface area contributed by atoms with Crippen molar-refractivity contribution in [2.45, 2.75) is 18.9 Å². The van der Waals surface area contributed by atoms with Crippen molar-refractivity contribution in [3.8, 4) is 0 Å². The first-order valence-electron chi connectivity index (χ1n) is 3.79. The predicted molar refractivity (Wildman–Crippen MR) is 40.6 cm³/mol. The van der Waals surface area contributed by atoms with Crippen molar-refractivity contribution in [3.63, 3.8) is 0 Å². The highest BCUT2D eigenvalue weighted by Gasteiger charge is 2.27. The summed E-state index contributed by atoms with van der Waals surface area (Å²) in [5, 5.41) is 0. The van der Waals surface area contributed by atoms with Gasteiger partial charge >= 0.3 is 0 Å². The minimum atomic E-state index is 0.531. The lowest BCUT2D eigenvalue weighted by Gasteiger charge is -2.34. The SMILES string of the molecule is CNNC[C@H]1C[C@@H](OC)C1. The molecule has 2 N–H and O–H groups in total. The maximum absolute atomic E-state index is 5.15. The van der Waals surface area contributed by atoms with Gasteiger partial charge in [0.2, 0.25) is 0 Å². The molecule has 0 heterocycles. The van der Waals surface area contributed by atoms with E-state index in [2.05, 4.69) is 10.9 Å². The second-order valence-corrected chi connectivity index (χ2v) is 2.83. The molecule has 1 aliphatic carbocycles. The van der Waals surface area contributed by atoms with Crippen LogP contribution in [0.25, 0.3) is 0 Å². The lowest BCUT2D eigenvalue weighted by molar-refractivity contribution is 0.000836. The number of methoxy groups -OCH3 is 1. The Morgan fingerprint density at radius 1 is 1.50 bits per heavy atom. The summed E-state index contributed by atoms with van der Waals surface area (Å²) in [6.07, 6.45) is 2.96. The highest BCUT2D eigenvalue weighted by molar-refractivity contribution is 4.80. The smallest absolute Gasteiger partial charge is 0.0577 e. The van der Waals surface area contributed by atoms with Crippen LogP contribution in [0.5, 0.6) is 0 Å². The summed E-state index contributed by atoms with van der Waals surface area (Å²) in [5.74, 6) is 0.817. The first kappa shape index (κ1) is 7.98. The van der Waals surface area contributed by atoms with E-state index in [1.807, 2.05) is 7.05 Å². The fraction of sp³-hybridized carbons (Fsp3) is 1.00. The van der Waals surface area contributed by atoms with Gasteiger partial charge in [-0.25, -0.2) is 0 Å². The molecule has 0 bridgehead atoms. The van der Waals surface area contributed by atoms with Gasteiger partial charge in [0.05, 0.1) is 6.10 Å². The van der Waals surface area contributed by atoms with Gasteiger partial charge in [-0.1, -0.05) is 0 Å². The lowest BCUT2D eigenvalue weighted by Crippen LogP contribution is -2.40. The van der Waals surface area contributed by atoms with E-state index in [0.29, 0.717) is 6.10 Å². The zero-order chi connectivity index (χ0) is 7.40. The molecule has 0 aromatic heterocycles. The fourth-order valence-electron chi connectivity index (χ4n) is 1.28. The van der Waals surface area contributed by atoms with Crippen molar-refractivity contribution >= 4 is 0 Å². The van der Waals surface area contributed by atoms with Crippen LogP contribution in [0, 0.1) is 5.92 Å². The quantitative estimate of drug-likeness (QED) is 0.550. The maximum atomic E-state index is 5.15. The summed E-state index contributed by atoms with van der Waals surface area (Å²) in [4.78, 5) is 0. The van der Waals surface area contributed by atoms with Crippen LogP contribution in [0.15, 0.2) is 0 Å². The summed E-state index contributed by atoms with van der Waals surface area (Å²) in [7, 11) is 3.68. The molecule has 1 fully saturated rings. The first-order valence-corrected chi connectivity index (χ1v) is 3.79. The molecule has 0 radical (unpaired) electrons. The molecule has 1 aliphatic rings. The molecule has 0 atom stereocenters. The van der Waals surface area contributed by atoms with Crippen LogP contribution >= 0.6 is 0 Å². The van der Waals surface area contributed by atoms with Crippen molar-refractivity contribution in [2.75, 3.05) is 20.7 Å². The standard InChI is InChI=1S/C7H16N2O/c1-8-9-5-6-3-7(4-6)10-2/h6-9H,3-5H2,1-2H3/t6-,7+. The van der Waals surface area contributed by atoms with E-state index in [-0.39, 0.29) is 0 Å². The van der Waals surface area contributed by atoms with Gasteiger partial charge in [0, 0.05) is 13.7 Å². The van der Waals surface area contributed by atoms with Crippen LogP contribution in [-0.4, -0.2) is 26.8 Å². The molecular weight excluding hydrogens is 128 g/mol. The third kappa shape index (κ3) is 1.94. The van der Waals surface area contributed by atoms with E-state index in [1.165, 1.54) is 12.8 Å². The van der Waals surface area contributed by atoms with Crippen molar-refractivity contribution in [1.29, 1.82) is 0 Å². The van der Waals surface area contributed by atoms with Gasteiger partial charge in [-0.2, -0.15) is 0 Å². The van der Waals surface area contributed by atoms with Crippen LogP contribution in [0.3, 0.4) is 0 Å². The van der Waals surface area contributed by atoms with Gasteiger partial charge in [0.25, 0.3) is 0 Å². The van der Waals surface area contributed by atoms with E-state index in [4.69, 9.17) is 4.74 Å². The van der Waals surface area contributed by atoms with E-state index in [0.717, 1.165) is 12.5 Å². The summed E-state index contributed by atoms with van der Waals surface area (Å²) in [6, 6.07) is 0. The van der Waals surface area contributed by atoms with Gasteiger partial charge in [-0.05, 0) is 25.8 Å². The molecule has 1 rings (SSSR count). The van der Waals surface area contributed by atoms with E-state index in [1.54, 1.807) is 7.11 Å². The average molecular weight is 144 g/mol. The molecular formula is C7H16N2O. The molecule has 0 aliphatic heterocycles. The monoisotopic (exact) mass is 144 g/mol. The second-order valence-electron chi connectivity index (χ2n) is 2.83. The number of hydrazine groups is 1. The Morgan fingerprint density at radius 2 is 2.20 bits per heavy atom. The Morgan fingerprint density at radius 3 is 2.70 bits per heavy atom.